The molecule has 8 heteroatoms. The number of rotatable bonds is 8. The number of H-pyrrole nitrogens is 1. The Balaban J connectivity index is 0.709. The van der Waals surface area contributed by atoms with E-state index in [0.29, 0.717) is 17.6 Å². The number of para-hydroxylation sites is 4. The van der Waals surface area contributed by atoms with Crippen molar-refractivity contribution in [2.75, 3.05) is 0 Å². The summed E-state index contributed by atoms with van der Waals surface area (Å²) in [4.78, 5) is 19.4. The molecule has 7 nitrogen and oxygen atoms in total. The van der Waals surface area contributed by atoms with Gasteiger partial charge in [0.25, 0.3) is 0 Å². The maximum atomic E-state index is 5.28. The van der Waals surface area contributed by atoms with E-state index in [0.717, 1.165) is 71.8 Å². The first-order chi connectivity index (χ1) is 51.3. The minimum atomic E-state index is -0.0764. The molecule has 1 N–H and O–H groups in total. The summed E-state index contributed by atoms with van der Waals surface area (Å²) in [6.45, 7) is 6.77. The third-order valence-electron chi connectivity index (χ3n) is 22.6. The van der Waals surface area contributed by atoms with Gasteiger partial charge in [0.15, 0.2) is 11.6 Å². The van der Waals surface area contributed by atoms with E-state index in [1.54, 1.807) is 0 Å². The van der Waals surface area contributed by atoms with E-state index in [1.807, 2.05) is 36.4 Å². The molecule has 0 aliphatic heterocycles. The van der Waals surface area contributed by atoms with Crippen LogP contribution in [0.2, 0.25) is 0 Å². The van der Waals surface area contributed by atoms with Gasteiger partial charge in [0.2, 0.25) is 12.7 Å². The largest absolute Gasteiger partial charge is 0.354 e. The van der Waals surface area contributed by atoms with Crippen LogP contribution in [0.15, 0.2) is 315 Å². The van der Waals surface area contributed by atoms with Crippen molar-refractivity contribution in [3.05, 3.63) is 332 Å². The van der Waals surface area contributed by atoms with E-state index >= 15 is 0 Å². The molecule has 104 heavy (non-hydrogen) atoms. The van der Waals surface area contributed by atoms with Gasteiger partial charge in [0, 0.05) is 76.6 Å². The normalized spacial score (nSPS) is 12.2. The van der Waals surface area contributed by atoms with Crippen molar-refractivity contribution in [3.8, 4) is 40.1 Å². The Hall–Kier alpha value is -13.4. The smallest absolute Gasteiger partial charge is 0.241 e. The summed E-state index contributed by atoms with van der Waals surface area (Å²) in [7, 11) is 0. The summed E-state index contributed by atoms with van der Waals surface area (Å²) in [6.07, 6.45) is 0. The molecule has 0 bridgehead atoms. The highest BCUT2D eigenvalue weighted by Gasteiger charge is 2.29. The molecule has 22 rings (SSSR count). The Bertz CT molecular complexity index is 7360. The predicted octanol–water partition coefficient (Wildman–Crippen LogP) is 22.5. The van der Waals surface area contributed by atoms with Crippen LogP contribution in [0, 0.1) is 20.8 Å². The minimum absolute atomic E-state index is 0.0764. The molecule has 0 fully saturated rings. The zero-order valence-corrected chi connectivity index (χ0v) is 57.3. The highest BCUT2D eigenvalue weighted by atomic mass is 15.2. The van der Waals surface area contributed by atoms with Gasteiger partial charge in [-0.05, 0) is 158 Å². The maximum absolute atomic E-state index is 5.28. The Morgan fingerprint density at radius 2 is 0.615 bits per heavy atom. The molecule has 484 valence electrons. The average Bonchev–Trinajstić information content (AvgIpc) is 1.62. The van der Waals surface area contributed by atoms with E-state index in [2.05, 4.69) is 319 Å². The molecule has 22 aromatic rings. The first-order valence-electron chi connectivity index (χ1n) is 35.9. The number of nitrogens with one attached hydrogen (secondary N) is 1. The molecule has 0 aliphatic rings. The first kappa shape index (κ1) is 58.4. The van der Waals surface area contributed by atoms with Crippen molar-refractivity contribution < 1.29 is 0 Å². The van der Waals surface area contributed by atoms with Gasteiger partial charge in [-0.1, -0.05) is 276 Å². The van der Waals surface area contributed by atoms with Crippen molar-refractivity contribution >= 4 is 175 Å². The molecule has 0 saturated carbocycles. The second kappa shape index (κ2) is 22.3. The molecule has 17 aromatic carbocycles. The number of benzene rings is 17. The fraction of sp³-hybridized carbons (Fsp3) is 0.0312. The first-order valence-corrected chi connectivity index (χ1v) is 35.9. The van der Waals surface area contributed by atoms with Crippen LogP contribution >= 0.6 is 0 Å². The molecular formula is C96H62BN7. The lowest BCUT2D eigenvalue weighted by atomic mass is 9.35. The predicted molar refractivity (Wildman–Crippen MR) is 440 cm³/mol. The van der Waals surface area contributed by atoms with Crippen LogP contribution in [0.4, 0.5) is 0 Å². The summed E-state index contributed by atoms with van der Waals surface area (Å²) in [5.74, 6) is 1.81. The monoisotopic (exact) mass is 1320 g/mol. The van der Waals surface area contributed by atoms with Gasteiger partial charge >= 0.3 is 0 Å². The van der Waals surface area contributed by atoms with Gasteiger partial charge in [0.05, 0.1) is 33.1 Å². The number of hydrogen-bond acceptors (Lipinski definition) is 3. The van der Waals surface area contributed by atoms with Crippen molar-refractivity contribution in [2.24, 2.45) is 0 Å². The highest BCUT2D eigenvalue weighted by Crippen LogP contribution is 2.45. The van der Waals surface area contributed by atoms with E-state index in [4.69, 9.17) is 15.0 Å². The van der Waals surface area contributed by atoms with E-state index in [9.17, 15) is 0 Å². The van der Waals surface area contributed by atoms with Gasteiger partial charge in [-0.15, -0.1) is 0 Å². The standard InChI is InChI=1S/C96H62BN7/c1-56-46-57(2)93(58(3)47-56)97(62-39-43-72-78(49-62)66-27-11-10-26-65(66)70-44-40-64(51-80(70)72)102-87-35-19-15-31-74(87)82-52-86-81(53-90(82)102)73-30-14-18-34-85(73)98-86)61-38-42-69-71-45-41-63(50-79(71)68-29-13-12-28-67(68)77(69)48-61)103-88-36-20-16-32-75(88)83-55-92-84(54-91(83)103)76-33-17-21-37-89(76)104(92)96-100-94(59-22-6-4-7-23-59)99-95(101-96)60-24-8-5-9-25-60/h4-55,98H,1-3H3. The van der Waals surface area contributed by atoms with Crippen LogP contribution in [0.1, 0.15) is 16.7 Å². The minimum Gasteiger partial charge on any atom is -0.354 e. The number of hydrogen-bond donors (Lipinski definition) is 1. The molecule has 0 aliphatic carbocycles. The van der Waals surface area contributed by atoms with Crippen LogP contribution < -0.4 is 16.4 Å². The topological polar surface area (TPSA) is 69.2 Å². The molecular weight excluding hydrogens is 1260 g/mol. The van der Waals surface area contributed by atoms with Crippen LogP contribution in [-0.2, 0) is 0 Å². The maximum Gasteiger partial charge on any atom is 0.241 e. The SMILES string of the molecule is Cc1cc(C)c(B(c2ccc3c4ccc(-n5c6ccccc6c6cc7c(cc65)c5ccccc5n7-c5nc(-c6ccccc6)nc(-c6ccccc6)n5)cc4c4ccccc4c3c2)c2ccc3c(c2)c2ccccc2c2ccc(-n4c5ccccc5c5cc6[nH]c7ccccc7c6cc54)cc23)c(C)c1. The van der Waals surface area contributed by atoms with Crippen LogP contribution in [-0.4, -0.2) is 40.3 Å². The molecule has 5 aromatic heterocycles. The fourth-order valence-corrected chi connectivity index (χ4v) is 18.1. The van der Waals surface area contributed by atoms with Crippen LogP contribution in [0.3, 0.4) is 0 Å². The Labute approximate surface area is 597 Å². The van der Waals surface area contributed by atoms with E-state index < -0.39 is 0 Å². The quantitative estimate of drug-likeness (QED) is 0.122. The summed E-state index contributed by atoms with van der Waals surface area (Å²) in [5, 5.41) is 24.3. The molecule has 0 radical (unpaired) electrons. The molecule has 0 spiro atoms. The number of fused-ring (bicyclic) bond motifs is 24. The molecule has 0 amide bonds. The molecule has 5 heterocycles. The lowest BCUT2D eigenvalue weighted by molar-refractivity contribution is 0.954. The third-order valence-corrected chi connectivity index (χ3v) is 22.6. The second-order valence-corrected chi connectivity index (χ2v) is 28.5. The zero-order chi connectivity index (χ0) is 68.6. The van der Waals surface area contributed by atoms with Crippen molar-refractivity contribution in [1.82, 2.24) is 33.6 Å². The summed E-state index contributed by atoms with van der Waals surface area (Å²) in [5.41, 5.74) is 20.8. The van der Waals surface area contributed by atoms with Gasteiger partial charge in [-0.3, -0.25) is 4.57 Å². The Morgan fingerprint density at radius 3 is 1.12 bits per heavy atom. The number of nitrogens with zero attached hydrogens (tertiary/aromatic N) is 6. The summed E-state index contributed by atoms with van der Waals surface area (Å²) < 4.78 is 7.19. The van der Waals surface area contributed by atoms with Crippen LogP contribution in [0.25, 0.3) is 192 Å². The lowest BCUT2D eigenvalue weighted by Crippen LogP contribution is -2.54. The van der Waals surface area contributed by atoms with E-state index in [1.165, 1.54) is 136 Å². The Kier molecular flexibility index (Phi) is 12.5. The van der Waals surface area contributed by atoms with Gasteiger partial charge in [-0.2, -0.15) is 9.97 Å². The molecule has 0 unspecified atom stereocenters. The van der Waals surface area contributed by atoms with Gasteiger partial charge in [-0.25, -0.2) is 4.98 Å². The third kappa shape index (κ3) is 8.63. The number of aryl methyl sites for hydroxylation is 3. The summed E-state index contributed by atoms with van der Waals surface area (Å²) in [6, 6.07) is 117. The van der Waals surface area contributed by atoms with Crippen molar-refractivity contribution in [3.63, 3.8) is 0 Å². The second-order valence-electron chi connectivity index (χ2n) is 28.5. The van der Waals surface area contributed by atoms with E-state index in [-0.39, 0.29) is 6.71 Å². The average molecular weight is 1320 g/mol. The van der Waals surface area contributed by atoms with Gasteiger partial charge in [0.1, 0.15) is 0 Å². The van der Waals surface area contributed by atoms with Crippen molar-refractivity contribution in [2.45, 2.75) is 20.8 Å². The van der Waals surface area contributed by atoms with Crippen molar-refractivity contribution in [1.29, 1.82) is 0 Å². The van der Waals surface area contributed by atoms with Gasteiger partial charge < -0.3 is 14.1 Å². The molecule has 0 atom stereocenters. The molecule has 0 saturated heterocycles. The van der Waals surface area contributed by atoms with Crippen LogP contribution in [0.5, 0.6) is 0 Å². The number of aromatic amines is 1. The highest BCUT2D eigenvalue weighted by molar-refractivity contribution is 6.96. The Morgan fingerprint density at radius 1 is 0.250 bits per heavy atom. The zero-order valence-electron chi connectivity index (χ0n) is 57.3. The fourth-order valence-electron chi connectivity index (χ4n) is 18.1. The summed E-state index contributed by atoms with van der Waals surface area (Å²) >= 11 is 0. The number of aromatic nitrogens is 7. The lowest BCUT2D eigenvalue weighted by Gasteiger charge is -2.23.